The zero-order valence-electron chi connectivity index (χ0n) is 12.1. The van der Waals surface area contributed by atoms with E-state index in [1.165, 1.54) is 0 Å². The second kappa shape index (κ2) is 6.19. The highest BCUT2D eigenvalue weighted by Gasteiger charge is 2.23. The molecule has 2 rings (SSSR count). The van der Waals surface area contributed by atoms with Crippen LogP contribution in [0.1, 0.15) is 48.8 Å². The Morgan fingerprint density at radius 3 is 2.58 bits per heavy atom. The first kappa shape index (κ1) is 14.1. The van der Waals surface area contributed by atoms with Gasteiger partial charge in [0.1, 0.15) is 5.69 Å². The smallest absolute Gasteiger partial charge is 0.269 e. The summed E-state index contributed by atoms with van der Waals surface area (Å²) in [6.45, 7) is 4.64. The number of amides is 1. The third kappa shape index (κ3) is 3.35. The van der Waals surface area contributed by atoms with Gasteiger partial charge in [0.05, 0.1) is 5.69 Å². The average molecular weight is 264 g/mol. The predicted molar refractivity (Wildman–Crippen MR) is 75.2 cm³/mol. The Balaban J connectivity index is 1.94. The van der Waals surface area contributed by atoms with Gasteiger partial charge in [-0.05, 0) is 52.6 Å². The van der Waals surface area contributed by atoms with Crippen molar-refractivity contribution in [3.05, 3.63) is 17.5 Å². The van der Waals surface area contributed by atoms with Crippen LogP contribution in [0.5, 0.6) is 0 Å². The molecular weight excluding hydrogens is 240 g/mol. The topological polar surface area (TPSA) is 59.0 Å². The van der Waals surface area contributed by atoms with Crippen LogP contribution >= 0.6 is 0 Å². The van der Waals surface area contributed by atoms with Gasteiger partial charge in [0.2, 0.25) is 0 Å². The fourth-order valence-corrected chi connectivity index (χ4v) is 2.76. The SMILES string of the molecule is CCn1nc(C)cc1C(=O)NC1CCC(NC)CC1. The summed E-state index contributed by atoms with van der Waals surface area (Å²) in [6.07, 6.45) is 4.37. The number of rotatable bonds is 4. The number of hydrogen-bond donors (Lipinski definition) is 2. The van der Waals surface area contributed by atoms with Crippen LogP contribution in [-0.2, 0) is 6.54 Å². The summed E-state index contributed by atoms with van der Waals surface area (Å²) >= 11 is 0. The first-order valence-electron chi connectivity index (χ1n) is 7.16. The number of nitrogens with one attached hydrogen (secondary N) is 2. The average Bonchev–Trinajstić information content (AvgIpc) is 2.81. The summed E-state index contributed by atoms with van der Waals surface area (Å²) in [6, 6.07) is 2.77. The molecule has 1 aliphatic rings. The monoisotopic (exact) mass is 264 g/mol. The lowest BCUT2D eigenvalue weighted by Gasteiger charge is -2.28. The van der Waals surface area contributed by atoms with Gasteiger partial charge in [0, 0.05) is 18.6 Å². The zero-order valence-corrected chi connectivity index (χ0v) is 12.1. The number of carbonyl (C=O) groups is 1. The molecule has 1 aliphatic carbocycles. The number of aryl methyl sites for hydroxylation is 2. The maximum absolute atomic E-state index is 12.3. The van der Waals surface area contributed by atoms with Crippen LogP contribution < -0.4 is 10.6 Å². The van der Waals surface area contributed by atoms with Crippen molar-refractivity contribution in [2.75, 3.05) is 7.05 Å². The van der Waals surface area contributed by atoms with E-state index in [1.54, 1.807) is 4.68 Å². The molecule has 5 heteroatoms. The van der Waals surface area contributed by atoms with Gasteiger partial charge < -0.3 is 10.6 Å². The zero-order chi connectivity index (χ0) is 13.8. The number of nitrogens with zero attached hydrogens (tertiary/aromatic N) is 2. The highest BCUT2D eigenvalue weighted by molar-refractivity contribution is 5.92. The Hall–Kier alpha value is -1.36. The molecule has 0 bridgehead atoms. The number of carbonyl (C=O) groups excluding carboxylic acids is 1. The van der Waals surface area contributed by atoms with Crippen LogP contribution in [0.3, 0.4) is 0 Å². The van der Waals surface area contributed by atoms with Crippen molar-refractivity contribution in [1.82, 2.24) is 20.4 Å². The number of aromatic nitrogens is 2. The molecule has 1 amide bonds. The molecule has 1 saturated carbocycles. The lowest BCUT2D eigenvalue weighted by molar-refractivity contribution is 0.0914. The lowest BCUT2D eigenvalue weighted by atomic mass is 9.91. The highest BCUT2D eigenvalue weighted by atomic mass is 16.2. The molecule has 0 atom stereocenters. The minimum absolute atomic E-state index is 0.00959. The summed E-state index contributed by atoms with van der Waals surface area (Å²) in [5.74, 6) is 0.00959. The third-order valence-corrected chi connectivity index (χ3v) is 3.90. The van der Waals surface area contributed by atoms with Crippen molar-refractivity contribution in [1.29, 1.82) is 0 Å². The van der Waals surface area contributed by atoms with Crippen LogP contribution in [0.15, 0.2) is 6.07 Å². The molecule has 19 heavy (non-hydrogen) atoms. The van der Waals surface area contributed by atoms with Gasteiger partial charge in [-0.1, -0.05) is 0 Å². The molecule has 0 aromatic carbocycles. The van der Waals surface area contributed by atoms with Crippen LogP contribution in [-0.4, -0.2) is 34.8 Å². The van der Waals surface area contributed by atoms with Gasteiger partial charge in [-0.15, -0.1) is 0 Å². The molecule has 1 aromatic heterocycles. The molecule has 0 saturated heterocycles. The first-order chi connectivity index (χ1) is 9.13. The molecule has 2 N–H and O–H groups in total. The summed E-state index contributed by atoms with van der Waals surface area (Å²) in [7, 11) is 2.01. The predicted octanol–water partition coefficient (Wildman–Crippen LogP) is 1.47. The van der Waals surface area contributed by atoms with Gasteiger partial charge in [0.25, 0.3) is 5.91 Å². The van der Waals surface area contributed by atoms with Crippen molar-refractivity contribution >= 4 is 5.91 Å². The minimum Gasteiger partial charge on any atom is -0.348 e. The molecular formula is C14H24N4O. The van der Waals surface area contributed by atoms with Crippen LogP contribution in [0.2, 0.25) is 0 Å². The van der Waals surface area contributed by atoms with Crippen molar-refractivity contribution in [2.24, 2.45) is 0 Å². The van der Waals surface area contributed by atoms with Crippen molar-refractivity contribution in [3.63, 3.8) is 0 Å². The van der Waals surface area contributed by atoms with Crippen molar-refractivity contribution in [2.45, 2.75) is 58.2 Å². The highest BCUT2D eigenvalue weighted by Crippen LogP contribution is 2.18. The normalized spacial score (nSPS) is 23.3. The van der Waals surface area contributed by atoms with Gasteiger partial charge in [-0.2, -0.15) is 5.10 Å². The molecule has 1 aromatic rings. The van der Waals surface area contributed by atoms with Gasteiger partial charge in [-0.3, -0.25) is 9.48 Å². The van der Waals surface area contributed by atoms with E-state index in [0.717, 1.165) is 37.9 Å². The van der Waals surface area contributed by atoms with E-state index in [4.69, 9.17) is 0 Å². The molecule has 106 valence electrons. The van der Waals surface area contributed by atoms with E-state index in [1.807, 2.05) is 27.0 Å². The van der Waals surface area contributed by atoms with E-state index in [2.05, 4.69) is 15.7 Å². The molecule has 0 spiro atoms. The fourth-order valence-electron chi connectivity index (χ4n) is 2.76. The van der Waals surface area contributed by atoms with Gasteiger partial charge >= 0.3 is 0 Å². The van der Waals surface area contributed by atoms with Crippen LogP contribution in [0.25, 0.3) is 0 Å². The Bertz CT molecular complexity index is 433. The van der Waals surface area contributed by atoms with Gasteiger partial charge in [-0.25, -0.2) is 0 Å². The molecule has 0 unspecified atom stereocenters. The first-order valence-corrected chi connectivity index (χ1v) is 7.16. The van der Waals surface area contributed by atoms with Crippen LogP contribution in [0.4, 0.5) is 0 Å². The second-order valence-corrected chi connectivity index (χ2v) is 5.30. The van der Waals surface area contributed by atoms with Gasteiger partial charge in [0.15, 0.2) is 0 Å². The maximum atomic E-state index is 12.3. The fraction of sp³-hybridized carbons (Fsp3) is 0.714. The lowest BCUT2D eigenvalue weighted by Crippen LogP contribution is -2.41. The van der Waals surface area contributed by atoms with E-state index < -0.39 is 0 Å². The standard InChI is InChI=1S/C14H24N4O/c1-4-18-13(9-10(2)17-18)14(19)16-12-7-5-11(15-3)6-8-12/h9,11-12,15H,4-8H2,1-3H3,(H,16,19). The maximum Gasteiger partial charge on any atom is 0.269 e. The van der Waals surface area contributed by atoms with Crippen molar-refractivity contribution < 1.29 is 4.79 Å². The molecule has 1 fully saturated rings. The quantitative estimate of drug-likeness (QED) is 0.866. The molecule has 1 heterocycles. The molecule has 5 nitrogen and oxygen atoms in total. The Labute approximate surface area is 114 Å². The molecule has 0 aliphatic heterocycles. The Morgan fingerprint density at radius 1 is 1.37 bits per heavy atom. The van der Waals surface area contributed by atoms with E-state index >= 15 is 0 Å². The second-order valence-electron chi connectivity index (χ2n) is 5.30. The van der Waals surface area contributed by atoms with Crippen LogP contribution in [0, 0.1) is 6.92 Å². The summed E-state index contributed by atoms with van der Waals surface area (Å²) in [5.41, 5.74) is 1.57. The number of hydrogen-bond acceptors (Lipinski definition) is 3. The molecule has 0 radical (unpaired) electrons. The Kier molecular flexibility index (Phi) is 4.58. The van der Waals surface area contributed by atoms with E-state index in [-0.39, 0.29) is 5.91 Å². The van der Waals surface area contributed by atoms with E-state index in [0.29, 0.717) is 17.8 Å². The summed E-state index contributed by atoms with van der Waals surface area (Å²) in [4.78, 5) is 12.3. The van der Waals surface area contributed by atoms with E-state index in [9.17, 15) is 4.79 Å². The summed E-state index contributed by atoms with van der Waals surface area (Å²) < 4.78 is 1.77. The minimum atomic E-state index is 0.00959. The third-order valence-electron chi connectivity index (χ3n) is 3.90. The summed E-state index contributed by atoms with van der Waals surface area (Å²) in [5, 5.41) is 10.8. The Morgan fingerprint density at radius 2 is 2.00 bits per heavy atom. The largest absolute Gasteiger partial charge is 0.348 e. The van der Waals surface area contributed by atoms with Crippen molar-refractivity contribution in [3.8, 4) is 0 Å².